The van der Waals surface area contributed by atoms with Crippen LogP contribution in [0.1, 0.15) is 49.5 Å². The monoisotopic (exact) mass is 567 g/mol. The largest absolute Gasteiger partial charge is 0.492 e. The Labute approximate surface area is 241 Å². The third kappa shape index (κ3) is 7.79. The highest BCUT2D eigenvalue weighted by atomic mass is 35.5. The number of hydrogen-bond acceptors (Lipinski definition) is 7. The molecule has 3 aromatic rings. The highest BCUT2D eigenvalue weighted by molar-refractivity contribution is 7.98. The molecule has 0 radical (unpaired) electrons. The molecule has 0 spiro atoms. The van der Waals surface area contributed by atoms with Crippen LogP contribution in [-0.4, -0.2) is 66.7 Å². The van der Waals surface area contributed by atoms with E-state index in [2.05, 4.69) is 34.7 Å². The number of anilines is 2. The number of carbonyl (C=O) groups is 1. The van der Waals surface area contributed by atoms with Gasteiger partial charge in [-0.2, -0.15) is 0 Å². The number of hydrogen-bond donors (Lipinski definition) is 0. The number of benzene rings is 2. The second-order valence-electron chi connectivity index (χ2n) is 9.49. The molecule has 0 unspecified atom stereocenters. The van der Waals surface area contributed by atoms with Crippen LogP contribution in [0.4, 0.5) is 11.5 Å². The van der Waals surface area contributed by atoms with Gasteiger partial charge in [-0.15, -0.1) is 0 Å². The predicted molar refractivity (Wildman–Crippen MR) is 162 cm³/mol. The van der Waals surface area contributed by atoms with Crippen molar-refractivity contribution >= 4 is 40.8 Å². The molecule has 39 heavy (non-hydrogen) atoms. The van der Waals surface area contributed by atoms with Gasteiger partial charge in [-0.05, 0) is 49.6 Å². The van der Waals surface area contributed by atoms with Crippen molar-refractivity contribution in [2.75, 3.05) is 55.7 Å². The highest BCUT2D eigenvalue weighted by Gasteiger charge is 2.24. The van der Waals surface area contributed by atoms with Crippen molar-refractivity contribution < 1.29 is 9.53 Å². The molecule has 1 fully saturated rings. The van der Waals surface area contributed by atoms with Crippen molar-refractivity contribution in [1.82, 2.24) is 14.9 Å². The topological polar surface area (TPSA) is 61.8 Å². The first-order valence-electron chi connectivity index (χ1n) is 13.8. The standard InChI is InChI=1S/C30H38ClN5O2S/c1-4-14-35(15-5-2)28-21-27(31)32-30(33-28)39-22-23-10-9-11-24(20-23)29(37)36-18-16-34(17-19-36)25-12-7-8-13-26(25)38-6-3/h7-13,20-21H,4-6,14-19,22H2,1-3H3. The summed E-state index contributed by atoms with van der Waals surface area (Å²) in [5.41, 5.74) is 2.85. The summed E-state index contributed by atoms with van der Waals surface area (Å²) in [4.78, 5) is 29.1. The molecule has 7 nitrogen and oxygen atoms in total. The van der Waals surface area contributed by atoms with Crippen LogP contribution in [0.3, 0.4) is 0 Å². The fourth-order valence-corrected chi connectivity index (χ4v) is 5.79. The SMILES string of the molecule is CCCN(CCC)c1cc(Cl)nc(SCc2cccc(C(=O)N3CCN(c4ccccc4OCC)CC3)c2)n1. The molecule has 208 valence electrons. The van der Waals surface area contributed by atoms with Crippen LogP contribution in [0.25, 0.3) is 0 Å². The number of carbonyl (C=O) groups excluding carboxylic acids is 1. The fourth-order valence-electron chi connectivity index (χ4n) is 4.76. The van der Waals surface area contributed by atoms with Gasteiger partial charge in [0.1, 0.15) is 16.7 Å². The van der Waals surface area contributed by atoms with Gasteiger partial charge in [-0.3, -0.25) is 4.79 Å². The van der Waals surface area contributed by atoms with Crippen LogP contribution in [0.5, 0.6) is 5.75 Å². The number of aromatic nitrogens is 2. The van der Waals surface area contributed by atoms with Gasteiger partial charge >= 0.3 is 0 Å². The number of rotatable bonds is 12. The van der Waals surface area contributed by atoms with E-state index in [1.807, 2.05) is 60.4 Å². The zero-order valence-corrected chi connectivity index (χ0v) is 24.7. The first-order chi connectivity index (χ1) is 19.0. The van der Waals surface area contributed by atoms with Crippen molar-refractivity contribution in [1.29, 1.82) is 0 Å². The van der Waals surface area contributed by atoms with Gasteiger partial charge in [-0.1, -0.05) is 61.5 Å². The normalized spacial score (nSPS) is 13.4. The Balaban J connectivity index is 1.37. The fraction of sp³-hybridized carbons (Fsp3) is 0.433. The van der Waals surface area contributed by atoms with Crippen LogP contribution in [0.2, 0.25) is 5.15 Å². The minimum atomic E-state index is 0.0654. The summed E-state index contributed by atoms with van der Waals surface area (Å²) < 4.78 is 5.81. The average molecular weight is 568 g/mol. The van der Waals surface area contributed by atoms with E-state index in [-0.39, 0.29) is 5.91 Å². The first-order valence-corrected chi connectivity index (χ1v) is 15.2. The third-order valence-corrected chi connectivity index (χ3v) is 7.70. The Hall–Kier alpha value is -2.97. The molecule has 9 heteroatoms. The van der Waals surface area contributed by atoms with Gasteiger partial charge in [-0.25, -0.2) is 9.97 Å². The molecule has 4 rings (SSSR count). The van der Waals surface area contributed by atoms with Crippen molar-refractivity contribution in [2.24, 2.45) is 0 Å². The summed E-state index contributed by atoms with van der Waals surface area (Å²) in [7, 11) is 0. The molecule has 0 aliphatic carbocycles. The number of piperazine rings is 1. The molecule has 1 aliphatic heterocycles. The smallest absolute Gasteiger partial charge is 0.253 e. The maximum Gasteiger partial charge on any atom is 0.253 e. The second-order valence-corrected chi connectivity index (χ2v) is 10.8. The molecule has 1 saturated heterocycles. The molecule has 0 bridgehead atoms. The second kappa shape index (κ2) is 14.4. The summed E-state index contributed by atoms with van der Waals surface area (Å²) in [5.74, 6) is 2.48. The van der Waals surface area contributed by atoms with E-state index < -0.39 is 0 Å². The molecule has 1 amide bonds. The summed E-state index contributed by atoms with van der Waals surface area (Å²) in [5, 5.41) is 1.10. The van der Waals surface area contributed by atoms with Crippen LogP contribution in [-0.2, 0) is 5.75 Å². The summed E-state index contributed by atoms with van der Waals surface area (Å²) in [6.45, 7) is 11.7. The molecule has 2 heterocycles. The number of halogens is 1. The van der Waals surface area contributed by atoms with Crippen LogP contribution in [0.15, 0.2) is 59.8 Å². The van der Waals surface area contributed by atoms with E-state index in [1.54, 1.807) is 0 Å². The van der Waals surface area contributed by atoms with Gasteiger partial charge in [0.25, 0.3) is 5.91 Å². The van der Waals surface area contributed by atoms with Crippen LogP contribution < -0.4 is 14.5 Å². The minimum absolute atomic E-state index is 0.0654. The molecule has 1 aliphatic rings. The van der Waals surface area contributed by atoms with Crippen molar-refractivity contribution in [2.45, 2.75) is 44.5 Å². The van der Waals surface area contributed by atoms with E-state index in [0.717, 1.165) is 61.8 Å². The van der Waals surface area contributed by atoms with Crippen molar-refractivity contribution in [3.63, 3.8) is 0 Å². The maximum atomic E-state index is 13.4. The van der Waals surface area contributed by atoms with E-state index in [1.165, 1.54) is 11.8 Å². The Morgan fingerprint density at radius 2 is 1.72 bits per heavy atom. The van der Waals surface area contributed by atoms with E-state index in [9.17, 15) is 4.79 Å². The summed E-state index contributed by atoms with van der Waals surface area (Å²) in [6.07, 6.45) is 2.08. The molecule has 0 saturated carbocycles. The van der Waals surface area contributed by atoms with Gasteiger partial charge in [0, 0.05) is 56.7 Å². The zero-order chi connectivity index (χ0) is 27.6. The van der Waals surface area contributed by atoms with Gasteiger partial charge in [0.15, 0.2) is 5.16 Å². The summed E-state index contributed by atoms with van der Waals surface area (Å²) >= 11 is 7.89. The van der Waals surface area contributed by atoms with E-state index in [0.29, 0.717) is 41.3 Å². The lowest BCUT2D eigenvalue weighted by Gasteiger charge is -2.36. The molecular formula is C30H38ClN5O2S. The lowest BCUT2D eigenvalue weighted by atomic mass is 10.1. The Bertz CT molecular complexity index is 1230. The lowest BCUT2D eigenvalue weighted by Crippen LogP contribution is -2.48. The van der Waals surface area contributed by atoms with Crippen LogP contribution >= 0.6 is 23.4 Å². The minimum Gasteiger partial charge on any atom is -0.492 e. The molecule has 0 N–H and O–H groups in total. The zero-order valence-electron chi connectivity index (χ0n) is 23.1. The first kappa shape index (κ1) is 29.0. The number of nitrogens with zero attached hydrogens (tertiary/aromatic N) is 5. The van der Waals surface area contributed by atoms with Crippen LogP contribution in [0, 0.1) is 0 Å². The maximum absolute atomic E-state index is 13.4. The molecule has 1 aromatic heterocycles. The van der Waals surface area contributed by atoms with Gasteiger partial charge in [0.05, 0.1) is 12.3 Å². The Kier molecular flexibility index (Phi) is 10.7. The van der Waals surface area contributed by atoms with E-state index >= 15 is 0 Å². The molecular weight excluding hydrogens is 530 g/mol. The van der Waals surface area contributed by atoms with E-state index in [4.69, 9.17) is 21.3 Å². The number of amides is 1. The van der Waals surface area contributed by atoms with Gasteiger partial charge < -0.3 is 19.4 Å². The quantitative estimate of drug-likeness (QED) is 0.142. The van der Waals surface area contributed by atoms with Crippen molar-refractivity contribution in [3.8, 4) is 5.75 Å². The Morgan fingerprint density at radius 3 is 2.44 bits per heavy atom. The highest BCUT2D eigenvalue weighted by Crippen LogP contribution is 2.29. The Morgan fingerprint density at radius 1 is 0.974 bits per heavy atom. The number of ether oxygens (including phenoxy) is 1. The molecule has 2 aromatic carbocycles. The predicted octanol–water partition coefficient (Wildman–Crippen LogP) is 6.41. The number of thioether (sulfide) groups is 1. The number of para-hydroxylation sites is 2. The molecule has 0 atom stereocenters. The van der Waals surface area contributed by atoms with Crippen molar-refractivity contribution in [3.05, 3.63) is 70.9 Å². The third-order valence-electron chi connectivity index (χ3n) is 6.59. The average Bonchev–Trinajstić information content (AvgIpc) is 2.96. The lowest BCUT2D eigenvalue weighted by molar-refractivity contribution is 0.0746. The summed E-state index contributed by atoms with van der Waals surface area (Å²) in [6, 6.07) is 17.8. The van der Waals surface area contributed by atoms with Gasteiger partial charge in [0.2, 0.25) is 0 Å².